The monoisotopic (exact) mass is 876 g/mol. The average molecular weight is 877 g/mol. The van der Waals surface area contributed by atoms with Gasteiger partial charge in [-0.3, -0.25) is 0 Å². The number of benzene rings is 11. The van der Waals surface area contributed by atoms with E-state index in [0.717, 1.165) is 50.5 Å². The Kier molecular flexibility index (Phi) is 8.96. The first-order valence-electron chi connectivity index (χ1n) is 23.7. The van der Waals surface area contributed by atoms with Crippen LogP contribution in [0.2, 0.25) is 0 Å². The highest BCUT2D eigenvalue weighted by atomic mass is 15.2. The molecule has 14 rings (SSSR count). The standard InChI is InChI=1S/C64H41BN4/c1-4-16-42(17-5-1)44-28-34-50(35-29-44)68-58-40-49(61-54-26-14-15-27-57(54)66-64(67-61)48-22-8-3-9-23-48)41-59-60(58)65(55-38-32-46-20-10-12-24-52(46)62(55)68)56-39-33-47-21-11-13-25-53(47)63(56)69(59)51-36-30-45(31-37-51)43-18-6-2-7-19-43/h1-41H. The van der Waals surface area contributed by atoms with Crippen molar-refractivity contribution < 1.29 is 0 Å². The minimum absolute atomic E-state index is 0.0787. The van der Waals surface area contributed by atoms with Crippen molar-refractivity contribution in [3.63, 3.8) is 0 Å². The molecule has 0 saturated carbocycles. The molecule has 11 aromatic carbocycles. The molecule has 4 nitrogen and oxygen atoms in total. The third kappa shape index (κ3) is 6.32. The second kappa shape index (κ2) is 15.8. The van der Waals surface area contributed by atoms with Crippen LogP contribution in [-0.2, 0) is 0 Å². The molecule has 0 aliphatic carbocycles. The molecule has 0 atom stereocenters. The zero-order chi connectivity index (χ0) is 45.4. The zero-order valence-corrected chi connectivity index (χ0v) is 37.5. The first-order chi connectivity index (χ1) is 34.2. The Bertz CT molecular complexity index is 3760. The molecule has 12 aromatic rings. The zero-order valence-electron chi connectivity index (χ0n) is 37.5. The van der Waals surface area contributed by atoms with Crippen LogP contribution < -0.4 is 26.2 Å². The van der Waals surface area contributed by atoms with Gasteiger partial charge in [-0.25, -0.2) is 9.97 Å². The van der Waals surface area contributed by atoms with Crippen molar-refractivity contribution in [2.75, 3.05) is 9.80 Å². The maximum atomic E-state index is 5.53. The minimum atomic E-state index is -0.0787. The van der Waals surface area contributed by atoms with Gasteiger partial charge < -0.3 is 9.80 Å². The van der Waals surface area contributed by atoms with Gasteiger partial charge in [0.2, 0.25) is 0 Å². The van der Waals surface area contributed by atoms with E-state index in [-0.39, 0.29) is 6.71 Å². The predicted molar refractivity (Wildman–Crippen MR) is 290 cm³/mol. The van der Waals surface area contributed by atoms with Crippen LogP contribution in [0.15, 0.2) is 249 Å². The summed E-state index contributed by atoms with van der Waals surface area (Å²) >= 11 is 0. The average Bonchev–Trinajstić information content (AvgIpc) is 3.43. The summed E-state index contributed by atoms with van der Waals surface area (Å²) in [5, 5.41) is 5.82. The fraction of sp³-hybridized carbons (Fsp3) is 0. The number of hydrogen-bond acceptors (Lipinski definition) is 4. The van der Waals surface area contributed by atoms with Gasteiger partial charge in [-0.2, -0.15) is 0 Å². The Morgan fingerprint density at radius 3 is 1.25 bits per heavy atom. The van der Waals surface area contributed by atoms with Crippen molar-refractivity contribution in [2.45, 2.75) is 0 Å². The van der Waals surface area contributed by atoms with Crippen LogP contribution in [0.1, 0.15) is 0 Å². The first kappa shape index (κ1) is 39.1. The van der Waals surface area contributed by atoms with E-state index in [1.807, 2.05) is 6.07 Å². The predicted octanol–water partition coefficient (Wildman–Crippen LogP) is 14.7. The highest BCUT2D eigenvalue weighted by Crippen LogP contribution is 2.49. The lowest BCUT2D eigenvalue weighted by molar-refractivity contribution is 1.22. The molecule has 0 spiro atoms. The maximum absolute atomic E-state index is 5.53. The summed E-state index contributed by atoms with van der Waals surface area (Å²) in [6, 6.07) is 90.3. The van der Waals surface area contributed by atoms with Crippen LogP contribution in [-0.4, -0.2) is 16.7 Å². The number of anilines is 6. The fourth-order valence-electron chi connectivity index (χ4n) is 11.1. The van der Waals surface area contributed by atoms with E-state index in [0.29, 0.717) is 5.82 Å². The third-order valence-electron chi connectivity index (χ3n) is 14.2. The van der Waals surface area contributed by atoms with E-state index >= 15 is 0 Å². The van der Waals surface area contributed by atoms with Gasteiger partial charge in [0.15, 0.2) is 5.82 Å². The second-order valence-corrected chi connectivity index (χ2v) is 18.1. The molecule has 5 heteroatoms. The molecule has 0 saturated heterocycles. The minimum Gasteiger partial charge on any atom is -0.311 e. The Morgan fingerprint density at radius 2 is 0.739 bits per heavy atom. The molecule has 1 aromatic heterocycles. The van der Waals surface area contributed by atoms with Crippen molar-refractivity contribution in [1.29, 1.82) is 0 Å². The molecule has 320 valence electrons. The highest BCUT2D eigenvalue weighted by molar-refractivity contribution is 7.00. The Labute approximate surface area is 401 Å². The van der Waals surface area contributed by atoms with Gasteiger partial charge in [0.25, 0.3) is 6.71 Å². The summed E-state index contributed by atoms with van der Waals surface area (Å²) < 4.78 is 0. The summed E-state index contributed by atoms with van der Waals surface area (Å²) in [4.78, 5) is 15.8. The Morgan fingerprint density at radius 1 is 0.319 bits per heavy atom. The van der Waals surface area contributed by atoms with Crippen molar-refractivity contribution >= 4 is 89.7 Å². The van der Waals surface area contributed by atoms with Gasteiger partial charge in [-0.05, 0) is 91.9 Å². The van der Waals surface area contributed by atoms with Crippen LogP contribution in [0, 0.1) is 0 Å². The third-order valence-corrected chi connectivity index (χ3v) is 14.2. The van der Waals surface area contributed by atoms with Crippen LogP contribution in [0.5, 0.6) is 0 Å². The largest absolute Gasteiger partial charge is 0.311 e. The normalized spacial score (nSPS) is 12.6. The van der Waals surface area contributed by atoms with Gasteiger partial charge in [-0.15, -0.1) is 0 Å². The number of hydrogen-bond donors (Lipinski definition) is 0. The first-order valence-corrected chi connectivity index (χ1v) is 23.7. The van der Waals surface area contributed by atoms with E-state index < -0.39 is 0 Å². The number of fused-ring (bicyclic) bond motifs is 9. The van der Waals surface area contributed by atoms with Crippen LogP contribution >= 0.6 is 0 Å². The SMILES string of the molecule is c1ccc(-c2ccc(N3c4cc(-c5nc(-c6ccccc6)nc6ccccc56)cc5c4B(c4ccc6ccccc6c43)c3ccc4ccccc4c3N5c3ccc(-c4ccccc4)cc3)cc2)cc1. The molecule has 69 heavy (non-hydrogen) atoms. The summed E-state index contributed by atoms with van der Waals surface area (Å²) in [6.07, 6.45) is 0. The maximum Gasteiger partial charge on any atom is 0.252 e. The number of rotatable bonds is 6. The molecule has 0 fully saturated rings. The summed E-state index contributed by atoms with van der Waals surface area (Å²) in [5.74, 6) is 0.697. The molecule has 0 N–H and O–H groups in total. The topological polar surface area (TPSA) is 32.3 Å². The summed E-state index contributed by atoms with van der Waals surface area (Å²) in [5.41, 5.74) is 19.1. The van der Waals surface area contributed by atoms with Gasteiger partial charge in [-0.1, -0.05) is 206 Å². The second-order valence-electron chi connectivity index (χ2n) is 18.1. The van der Waals surface area contributed by atoms with Crippen molar-refractivity contribution in [2.24, 2.45) is 0 Å². The Balaban J connectivity index is 1.11. The molecule has 3 heterocycles. The highest BCUT2D eigenvalue weighted by Gasteiger charge is 2.45. The summed E-state index contributed by atoms with van der Waals surface area (Å²) in [6.45, 7) is -0.0787. The smallest absolute Gasteiger partial charge is 0.252 e. The number of para-hydroxylation sites is 1. The van der Waals surface area contributed by atoms with Crippen LogP contribution in [0.25, 0.3) is 77.3 Å². The molecular weight excluding hydrogens is 836 g/mol. The van der Waals surface area contributed by atoms with E-state index in [1.54, 1.807) is 0 Å². The van der Waals surface area contributed by atoms with Gasteiger partial charge in [0, 0.05) is 61.4 Å². The molecule has 0 radical (unpaired) electrons. The van der Waals surface area contributed by atoms with Gasteiger partial charge >= 0.3 is 0 Å². The number of nitrogens with zero attached hydrogens (tertiary/aromatic N) is 4. The Hall–Kier alpha value is -9.06. The molecule has 2 aliphatic heterocycles. The summed E-state index contributed by atoms with van der Waals surface area (Å²) in [7, 11) is 0. The van der Waals surface area contributed by atoms with E-state index in [1.165, 1.54) is 71.6 Å². The van der Waals surface area contributed by atoms with Crippen LogP contribution in [0.4, 0.5) is 34.1 Å². The molecular formula is C64H41BN4. The quantitative estimate of drug-likeness (QED) is 0.156. The molecule has 2 aliphatic rings. The van der Waals surface area contributed by atoms with Crippen molar-refractivity contribution in [3.05, 3.63) is 249 Å². The van der Waals surface area contributed by atoms with E-state index in [9.17, 15) is 0 Å². The van der Waals surface area contributed by atoms with Gasteiger partial charge in [0.1, 0.15) is 0 Å². The van der Waals surface area contributed by atoms with Gasteiger partial charge in [0.05, 0.1) is 11.2 Å². The lowest BCUT2D eigenvalue weighted by Crippen LogP contribution is -2.61. The fourth-order valence-corrected chi connectivity index (χ4v) is 11.1. The van der Waals surface area contributed by atoms with Crippen molar-refractivity contribution in [3.8, 4) is 44.9 Å². The van der Waals surface area contributed by atoms with Crippen LogP contribution in [0.3, 0.4) is 0 Å². The molecule has 0 bridgehead atoms. The lowest BCUT2D eigenvalue weighted by atomic mass is 9.33. The number of aromatic nitrogens is 2. The van der Waals surface area contributed by atoms with E-state index in [2.05, 4.69) is 252 Å². The van der Waals surface area contributed by atoms with E-state index in [4.69, 9.17) is 9.97 Å². The molecule has 0 unspecified atom stereocenters. The van der Waals surface area contributed by atoms with Crippen molar-refractivity contribution in [1.82, 2.24) is 9.97 Å². The lowest BCUT2D eigenvalue weighted by Gasteiger charge is -2.45. The molecule has 0 amide bonds.